The number of hydrogen-bond donors (Lipinski definition) is 1. The van der Waals surface area contributed by atoms with Crippen LogP contribution in [0.2, 0.25) is 0 Å². The Bertz CT molecular complexity index is 964. The Labute approximate surface area is 154 Å². The Morgan fingerprint density at radius 2 is 1.75 bits per heavy atom. The molecule has 0 radical (unpaired) electrons. The molecule has 0 saturated carbocycles. The predicted molar refractivity (Wildman–Crippen MR) is 93.0 cm³/mol. The van der Waals surface area contributed by atoms with E-state index in [0.717, 1.165) is 27.0 Å². The number of halogens is 1. The predicted octanol–water partition coefficient (Wildman–Crippen LogP) is 0.280. The molecule has 4 rings (SSSR count). The molecule has 0 unspecified atom stereocenters. The zero-order chi connectivity index (χ0) is 15.6. The standard InChI is InChI=1S/C18H14N4S.BrH/c19-18-22(21-17(23-18)14-6-2-1-3-7-14)12-15-9-4-8-13-10-5-11-20-16(13)15;/h1-11,19H,12H2;1H. The number of benzene rings is 2. The second kappa shape index (κ2) is 7.07. The van der Waals surface area contributed by atoms with E-state index in [0.29, 0.717) is 11.7 Å². The van der Waals surface area contributed by atoms with E-state index in [-0.39, 0.29) is 17.0 Å². The van der Waals surface area contributed by atoms with Crippen molar-refractivity contribution in [2.24, 2.45) is 0 Å². The lowest BCUT2D eigenvalue weighted by Gasteiger charge is -2.02. The van der Waals surface area contributed by atoms with Gasteiger partial charge in [0.25, 0.3) is 0 Å². The molecule has 2 heterocycles. The van der Waals surface area contributed by atoms with Crippen molar-refractivity contribution in [3.05, 3.63) is 72.4 Å². The van der Waals surface area contributed by atoms with E-state index in [1.165, 1.54) is 11.3 Å². The van der Waals surface area contributed by atoms with Crippen LogP contribution < -0.4 is 27.4 Å². The number of hydrogen-bond acceptors (Lipinski definition) is 4. The number of aromatic nitrogens is 3. The SMILES string of the molecule is Nc1sc(-c2ccccc2)n[n+]1Cc1cccc2cccnc12.[Br-]. The highest BCUT2D eigenvalue weighted by molar-refractivity contribution is 7.17. The lowest BCUT2D eigenvalue weighted by atomic mass is 10.1. The third-order valence-electron chi connectivity index (χ3n) is 3.72. The zero-order valence-corrected chi connectivity index (χ0v) is 15.2. The summed E-state index contributed by atoms with van der Waals surface area (Å²) in [5, 5.41) is 7.41. The number of rotatable bonds is 3. The van der Waals surface area contributed by atoms with Crippen LogP contribution in [0.3, 0.4) is 0 Å². The molecule has 2 aromatic heterocycles. The first kappa shape index (κ1) is 16.5. The maximum Gasteiger partial charge on any atom is 0.354 e. The molecule has 0 amide bonds. The minimum atomic E-state index is 0. The average molecular weight is 399 g/mol. The molecular weight excluding hydrogens is 384 g/mol. The van der Waals surface area contributed by atoms with Crippen molar-refractivity contribution in [1.82, 2.24) is 10.1 Å². The summed E-state index contributed by atoms with van der Waals surface area (Å²) in [6.07, 6.45) is 1.82. The van der Waals surface area contributed by atoms with Gasteiger partial charge in [-0.05, 0) is 17.4 Å². The number of nitrogens with two attached hydrogens (primary N) is 1. The van der Waals surface area contributed by atoms with Crippen molar-refractivity contribution < 1.29 is 21.7 Å². The molecule has 2 N–H and O–H groups in total. The van der Waals surface area contributed by atoms with Crippen LogP contribution in [0.1, 0.15) is 5.56 Å². The summed E-state index contributed by atoms with van der Waals surface area (Å²) < 4.78 is 1.84. The molecule has 0 spiro atoms. The van der Waals surface area contributed by atoms with Gasteiger partial charge in [-0.2, -0.15) is 0 Å². The van der Waals surface area contributed by atoms with Gasteiger partial charge in [-0.15, -0.1) is 4.68 Å². The first-order valence-corrected chi connectivity index (χ1v) is 8.17. The van der Waals surface area contributed by atoms with Gasteiger partial charge in [0, 0.05) is 22.7 Å². The van der Waals surface area contributed by atoms with Gasteiger partial charge in [-0.25, -0.2) is 0 Å². The molecule has 0 aliphatic carbocycles. The molecule has 4 nitrogen and oxygen atoms in total. The second-order valence-electron chi connectivity index (χ2n) is 5.26. The van der Waals surface area contributed by atoms with Crippen LogP contribution in [0.15, 0.2) is 66.9 Å². The number of para-hydroxylation sites is 1. The summed E-state index contributed by atoms with van der Waals surface area (Å²) in [6.45, 7) is 0.615. The fourth-order valence-corrected chi connectivity index (χ4v) is 3.40. The van der Waals surface area contributed by atoms with Crippen molar-refractivity contribution in [3.63, 3.8) is 0 Å². The Hall–Kier alpha value is -2.31. The molecule has 120 valence electrons. The summed E-state index contributed by atoms with van der Waals surface area (Å²) in [5.74, 6) is 0. The van der Waals surface area contributed by atoms with E-state index in [9.17, 15) is 0 Å². The van der Waals surface area contributed by atoms with Gasteiger partial charge in [0.05, 0.1) is 5.52 Å². The molecule has 0 atom stereocenters. The smallest absolute Gasteiger partial charge is 0.354 e. The fraction of sp³-hybridized carbons (Fsp3) is 0.0556. The monoisotopic (exact) mass is 398 g/mol. The molecule has 0 fully saturated rings. The molecule has 0 aliphatic rings. The summed E-state index contributed by atoms with van der Waals surface area (Å²) in [6, 6.07) is 20.3. The quantitative estimate of drug-likeness (QED) is 0.504. The molecular formula is C18H15BrN4S. The Balaban J connectivity index is 0.00000169. The number of anilines is 1. The average Bonchev–Trinajstić information content (AvgIpc) is 2.97. The van der Waals surface area contributed by atoms with Gasteiger partial charge < -0.3 is 17.0 Å². The largest absolute Gasteiger partial charge is 1.00 e. The van der Waals surface area contributed by atoms with E-state index in [4.69, 9.17) is 5.73 Å². The summed E-state index contributed by atoms with van der Waals surface area (Å²) in [4.78, 5) is 4.49. The number of fused-ring (bicyclic) bond motifs is 1. The van der Waals surface area contributed by atoms with Crippen LogP contribution in [-0.4, -0.2) is 10.1 Å². The topological polar surface area (TPSA) is 55.7 Å². The van der Waals surface area contributed by atoms with Crippen LogP contribution in [0.5, 0.6) is 0 Å². The first-order chi connectivity index (χ1) is 11.3. The highest BCUT2D eigenvalue weighted by atomic mass is 79.9. The summed E-state index contributed by atoms with van der Waals surface area (Å²) in [7, 11) is 0. The van der Waals surface area contributed by atoms with E-state index >= 15 is 0 Å². The minimum Gasteiger partial charge on any atom is -1.00 e. The molecule has 4 aromatic rings. The Morgan fingerprint density at radius 1 is 0.958 bits per heavy atom. The normalized spacial score (nSPS) is 10.5. The fourth-order valence-electron chi connectivity index (χ4n) is 2.60. The van der Waals surface area contributed by atoms with Crippen LogP contribution in [0.25, 0.3) is 21.5 Å². The van der Waals surface area contributed by atoms with E-state index in [1.807, 2.05) is 53.3 Å². The molecule has 0 bridgehead atoms. The maximum absolute atomic E-state index is 6.17. The number of nitrogens with zero attached hydrogens (tertiary/aromatic N) is 3. The number of pyridine rings is 1. The van der Waals surface area contributed by atoms with Crippen LogP contribution in [0, 0.1) is 0 Å². The Kier molecular flexibility index (Phi) is 4.87. The van der Waals surface area contributed by atoms with Gasteiger partial charge in [0.2, 0.25) is 0 Å². The Morgan fingerprint density at radius 3 is 2.58 bits per heavy atom. The minimum absolute atomic E-state index is 0. The van der Waals surface area contributed by atoms with Crippen molar-refractivity contribution in [2.75, 3.05) is 5.73 Å². The van der Waals surface area contributed by atoms with Crippen molar-refractivity contribution in [3.8, 4) is 10.6 Å². The molecule has 0 saturated heterocycles. The van der Waals surface area contributed by atoms with E-state index < -0.39 is 0 Å². The van der Waals surface area contributed by atoms with Crippen LogP contribution >= 0.6 is 11.3 Å². The highest BCUT2D eigenvalue weighted by Crippen LogP contribution is 2.24. The van der Waals surface area contributed by atoms with Gasteiger partial charge in [-0.3, -0.25) is 10.7 Å². The highest BCUT2D eigenvalue weighted by Gasteiger charge is 2.16. The maximum atomic E-state index is 6.17. The van der Waals surface area contributed by atoms with Gasteiger partial charge in [0.1, 0.15) is 6.54 Å². The molecule has 6 heteroatoms. The first-order valence-electron chi connectivity index (χ1n) is 7.36. The van der Waals surface area contributed by atoms with E-state index in [2.05, 4.69) is 28.3 Å². The lowest BCUT2D eigenvalue weighted by Crippen LogP contribution is -3.00. The number of nitrogen functional groups attached to an aromatic ring is 1. The summed E-state index contributed by atoms with van der Waals surface area (Å²) >= 11 is 1.50. The third-order valence-corrected chi connectivity index (χ3v) is 4.65. The second-order valence-corrected chi connectivity index (χ2v) is 6.27. The zero-order valence-electron chi connectivity index (χ0n) is 12.8. The van der Waals surface area contributed by atoms with Crippen LogP contribution in [0.4, 0.5) is 5.13 Å². The van der Waals surface area contributed by atoms with Crippen LogP contribution in [-0.2, 0) is 6.54 Å². The van der Waals surface area contributed by atoms with Crippen molar-refractivity contribution in [1.29, 1.82) is 0 Å². The van der Waals surface area contributed by atoms with Gasteiger partial charge >= 0.3 is 5.13 Å². The molecule has 0 aliphatic heterocycles. The van der Waals surface area contributed by atoms with E-state index in [1.54, 1.807) is 0 Å². The molecule has 2 aromatic carbocycles. The van der Waals surface area contributed by atoms with Crippen molar-refractivity contribution in [2.45, 2.75) is 6.54 Å². The molecule has 24 heavy (non-hydrogen) atoms. The van der Waals surface area contributed by atoms with Gasteiger partial charge in [-0.1, -0.05) is 59.7 Å². The third kappa shape index (κ3) is 3.16. The van der Waals surface area contributed by atoms with Gasteiger partial charge in [0.15, 0.2) is 5.01 Å². The summed E-state index contributed by atoms with van der Waals surface area (Å²) in [5.41, 5.74) is 9.36. The lowest BCUT2D eigenvalue weighted by molar-refractivity contribution is -0.727. The van der Waals surface area contributed by atoms with Crippen molar-refractivity contribution >= 4 is 27.4 Å².